The largest absolute Gasteiger partial charge is 0.481 e. The Kier molecular flexibility index (Phi) is 5.15. The van der Waals surface area contributed by atoms with Crippen LogP contribution in [-0.4, -0.2) is 25.2 Å². The average Bonchev–Trinajstić information content (AvgIpc) is 2.23. The van der Waals surface area contributed by atoms with E-state index in [1.165, 1.54) is 0 Å². The Morgan fingerprint density at radius 2 is 2.11 bits per heavy atom. The first-order valence-corrected chi connectivity index (χ1v) is 7.74. The van der Waals surface area contributed by atoms with Crippen LogP contribution in [0.25, 0.3) is 0 Å². The van der Waals surface area contributed by atoms with Gasteiger partial charge in [0, 0.05) is 10.9 Å². The molecule has 0 amide bonds. The molecular weight excluding hydrogens is 322 g/mol. The second kappa shape index (κ2) is 6.19. The number of carbonyl (C=O) groups is 1. The molecule has 18 heavy (non-hydrogen) atoms. The van der Waals surface area contributed by atoms with Crippen LogP contribution in [0, 0.1) is 6.92 Å². The number of hydrogen-bond acceptors (Lipinski definition) is 3. The quantitative estimate of drug-likeness (QED) is 0.835. The van der Waals surface area contributed by atoms with Crippen LogP contribution in [0.1, 0.15) is 18.4 Å². The summed E-state index contributed by atoms with van der Waals surface area (Å²) >= 11 is 3.31. The van der Waals surface area contributed by atoms with Gasteiger partial charge in [0.05, 0.1) is 11.4 Å². The molecule has 0 fully saturated rings. The van der Waals surface area contributed by atoms with E-state index in [2.05, 4.69) is 20.7 Å². The maximum absolute atomic E-state index is 11.7. The van der Waals surface area contributed by atoms with Gasteiger partial charge >= 0.3 is 5.97 Å². The highest BCUT2D eigenvalue weighted by molar-refractivity contribution is 9.10. The first-order valence-electron chi connectivity index (χ1n) is 5.29. The topological polar surface area (TPSA) is 83.5 Å². The van der Waals surface area contributed by atoms with Crippen molar-refractivity contribution in [3.63, 3.8) is 0 Å². The highest BCUT2D eigenvalue weighted by atomic mass is 79.9. The second-order valence-electron chi connectivity index (χ2n) is 3.83. The highest BCUT2D eigenvalue weighted by Gasteiger charge is 2.13. The second-order valence-corrected chi connectivity index (χ2v) is 6.53. The molecule has 0 spiro atoms. The van der Waals surface area contributed by atoms with Gasteiger partial charge in [-0.05, 0) is 31.0 Å². The highest BCUT2D eigenvalue weighted by Crippen LogP contribution is 2.24. The number of sulfonamides is 1. The van der Waals surface area contributed by atoms with Crippen LogP contribution in [0.2, 0.25) is 0 Å². The van der Waals surface area contributed by atoms with Crippen LogP contribution in [0.15, 0.2) is 22.7 Å². The fourth-order valence-electron chi connectivity index (χ4n) is 1.35. The molecule has 5 nitrogen and oxygen atoms in total. The minimum atomic E-state index is -3.50. The van der Waals surface area contributed by atoms with E-state index in [0.717, 1.165) is 10.0 Å². The predicted octanol–water partition coefficient (Wildman–Crippen LogP) is 2.36. The van der Waals surface area contributed by atoms with Crippen molar-refractivity contribution in [3.05, 3.63) is 28.2 Å². The number of aliphatic carboxylic acids is 1. The Bertz CT molecular complexity index is 542. The first-order chi connectivity index (χ1) is 8.32. The summed E-state index contributed by atoms with van der Waals surface area (Å²) < 4.78 is 26.7. The van der Waals surface area contributed by atoms with Gasteiger partial charge in [-0.2, -0.15) is 0 Å². The van der Waals surface area contributed by atoms with Crippen LogP contribution in [-0.2, 0) is 14.8 Å². The van der Waals surface area contributed by atoms with E-state index in [4.69, 9.17) is 5.11 Å². The van der Waals surface area contributed by atoms with Crippen molar-refractivity contribution in [1.29, 1.82) is 0 Å². The maximum Gasteiger partial charge on any atom is 0.303 e. The van der Waals surface area contributed by atoms with Gasteiger partial charge in [-0.1, -0.05) is 22.0 Å². The van der Waals surface area contributed by atoms with E-state index in [0.29, 0.717) is 5.69 Å². The number of nitrogens with one attached hydrogen (secondary N) is 1. The zero-order valence-electron chi connectivity index (χ0n) is 9.81. The standard InChI is InChI=1S/C11H14BrNO4S/c1-8-9(12)4-2-5-10(8)13-18(16,17)7-3-6-11(14)15/h2,4-5,13H,3,6-7H2,1H3,(H,14,15). The van der Waals surface area contributed by atoms with Crippen molar-refractivity contribution in [2.45, 2.75) is 19.8 Å². The van der Waals surface area contributed by atoms with E-state index >= 15 is 0 Å². The minimum absolute atomic E-state index is 0.0950. The molecule has 1 rings (SSSR count). The number of carboxylic acids is 1. The molecule has 0 aliphatic carbocycles. The summed E-state index contributed by atoms with van der Waals surface area (Å²) in [6, 6.07) is 5.21. The molecule has 0 unspecified atom stereocenters. The first kappa shape index (κ1) is 15.0. The number of anilines is 1. The summed E-state index contributed by atoms with van der Waals surface area (Å²) in [5.41, 5.74) is 1.29. The van der Waals surface area contributed by atoms with Gasteiger partial charge in [0.25, 0.3) is 0 Å². The molecule has 0 aliphatic heterocycles. The van der Waals surface area contributed by atoms with Crippen molar-refractivity contribution >= 4 is 37.6 Å². The van der Waals surface area contributed by atoms with Crippen LogP contribution in [0.4, 0.5) is 5.69 Å². The molecule has 1 aromatic rings. The van der Waals surface area contributed by atoms with Crippen molar-refractivity contribution in [3.8, 4) is 0 Å². The number of rotatable bonds is 6. The lowest BCUT2D eigenvalue weighted by atomic mass is 10.2. The van der Waals surface area contributed by atoms with Crippen LogP contribution >= 0.6 is 15.9 Å². The van der Waals surface area contributed by atoms with E-state index < -0.39 is 16.0 Å². The number of hydrogen-bond donors (Lipinski definition) is 2. The lowest BCUT2D eigenvalue weighted by Crippen LogP contribution is -2.18. The molecule has 0 bridgehead atoms. The summed E-state index contributed by atoms with van der Waals surface area (Å²) in [6.45, 7) is 1.79. The normalized spacial score (nSPS) is 11.2. The van der Waals surface area contributed by atoms with Gasteiger partial charge in [0.2, 0.25) is 10.0 Å². The van der Waals surface area contributed by atoms with Gasteiger partial charge < -0.3 is 5.11 Å². The molecule has 0 aromatic heterocycles. The van der Waals surface area contributed by atoms with Crippen LogP contribution in [0.3, 0.4) is 0 Å². The number of halogens is 1. The molecule has 2 N–H and O–H groups in total. The smallest absolute Gasteiger partial charge is 0.303 e. The minimum Gasteiger partial charge on any atom is -0.481 e. The maximum atomic E-state index is 11.7. The molecule has 0 radical (unpaired) electrons. The summed E-state index contributed by atoms with van der Waals surface area (Å²) in [4.78, 5) is 10.3. The fourth-order valence-corrected chi connectivity index (χ4v) is 2.90. The Morgan fingerprint density at radius 1 is 1.44 bits per heavy atom. The third kappa shape index (κ3) is 4.66. The average molecular weight is 336 g/mol. The third-order valence-electron chi connectivity index (χ3n) is 2.34. The Balaban J connectivity index is 2.71. The van der Waals surface area contributed by atoms with Gasteiger partial charge in [0.15, 0.2) is 0 Å². The van der Waals surface area contributed by atoms with Gasteiger partial charge in [-0.3, -0.25) is 9.52 Å². The molecule has 100 valence electrons. The monoisotopic (exact) mass is 335 g/mol. The molecule has 0 atom stereocenters. The summed E-state index contributed by atoms with van der Waals surface area (Å²) in [6.07, 6.45) is -0.0594. The van der Waals surface area contributed by atoms with Crippen molar-refractivity contribution in [2.75, 3.05) is 10.5 Å². The van der Waals surface area contributed by atoms with E-state index in [-0.39, 0.29) is 18.6 Å². The molecule has 7 heteroatoms. The van der Waals surface area contributed by atoms with Gasteiger partial charge in [-0.25, -0.2) is 8.42 Å². The Morgan fingerprint density at radius 3 is 2.72 bits per heavy atom. The summed E-state index contributed by atoms with van der Waals surface area (Å²) in [5, 5.41) is 8.46. The van der Waals surface area contributed by atoms with Crippen molar-refractivity contribution in [1.82, 2.24) is 0 Å². The lowest BCUT2D eigenvalue weighted by molar-refractivity contribution is -0.137. The van der Waals surface area contributed by atoms with E-state index in [1.54, 1.807) is 19.1 Å². The lowest BCUT2D eigenvalue weighted by Gasteiger charge is -2.11. The zero-order chi connectivity index (χ0) is 13.8. The third-order valence-corrected chi connectivity index (χ3v) is 4.55. The van der Waals surface area contributed by atoms with Gasteiger partial charge in [0.1, 0.15) is 0 Å². The molecular formula is C11H14BrNO4S. The fraction of sp³-hybridized carbons (Fsp3) is 0.364. The van der Waals surface area contributed by atoms with Crippen molar-refractivity contribution < 1.29 is 18.3 Å². The SMILES string of the molecule is Cc1c(Br)cccc1NS(=O)(=O)CCCC(=O)O. The summed E-state index contributed by atoms with van der Waals surface area (Å²) in [7, 11) is -3.50. The Labute approximate surface area is 114 Å². The van der Waals surface area contributed by atoms with Crippen LogP contribution in [0.5, 0.6) is 0 Å². The van der Waals surface area contributed by atoms with E-state index in [1.807, 2.05) is 6.07 Å². The molecule has 0 saturated heterocycles. The van der Waals surface area contributed by atoms with Crippen LogP contribution < -0.4 is 4.72 Å². The molecule has 0 heterocycles. The predicted molar refractivity (Wildman–Crippen MR) is 73.2 cm³/mol. The Hall–Kier alpha value is -1.08. The number of carboxylic acid groups (broad SMARTS) is 1. The zero-order valence-corrected chi connectivity index (χ0v) is 12.2. The number of benzene rings is 1. The molecule has 0 aliphatic rings. The molecule has 0 saturated carbocycles. The van der Waals surface area contributed by atoms with E-state index in [9.17, 15) is 13.2 Å². The van der Waals surface area contributed by atoms with Gasteiger partial charge in [-0.15, -0.1) is 0 Å². The van der Waals surface area contributed by atoms with Crippen molar-refractivity contribution in [2.24, 2.45) is 0 Å². The summed E-state index contributed by atoms with van der Waals surface area (Å²) in [5.74, 6) is -1.20. The molecule has 1 aromatic carbocycles.